The maximum Gasteiger partial charge on any atom is 0.364 e. The topological polar surface area (TPSA) is 100 Å². The van der Waals surface area contributed by atoms with E-state index in [9.17, 15) is 9.36 Å². The molecule has 4 rings (SSSR count). The molecule has 3 saturated carbocycles. The highest BCUT2D eigenvalue weighted by Gasteiger charge is 2.59. The monoisotopic (exact) mass is 552 g/mol. The first-order valence-electron chi connectivity index (χ1n) is 15.4. The minimum atomic E-state index is -3.34. The van der Waals surface area contributed by atoms with Gasteiger partial charge < -0.3 is 19.9 Å². The van der Waals surface area contributed by atoms with E-state index in [-0.39, 0.29) is 18.1 Å². The predicted molar refractivity (Wildman–Crippen MR) is 152 cm³/mol. The van der Waals surface area contributed by atoms with Gasteiger partial charge in [-0.25, -0.2) is 4.79 Å². The van der Waals surface area contributed by atoms with Crippen LogP contribution in [0.4, 0.5) is 0 Å². The molecule has 0 heterocycles. The van der Waals surface area contributed by atoms with E-state index >= 15 is 0 Å². The molecular formula is C31H55NO5P+. The Morgan fingerprint density at radius 1 is 1.13 bits per heavy atom. The number of hydrogen-bond acceptors (Lipinski definition) is 4. The van der Waals surface area contributed by atoms with Crippen molar-refractivity contribution in [3.05, 3.63) is 11.6 Å². The lowest BCUT2D eigenvalue weighted by Crippen LogP contribution is -2.67. The summed E-state index contributed by atoms with van der Waals surface area (Å²) in [6, 6.07) is -0.949. The van der Waals surface area contributed by atoms with Crippen molar-refractivity contribution in [2.45, 2.75) is 117 Å². The highest BCUT2D eigenvalue weighted by Crippen LogP contribution is 2.67. The van der Waals surface area contributed by atoms with Crippen LogP contribution >= 0.6 is 7.60 Å². The van der Waals surface area contributed by atoms with Crippen LogP contribution in [0.25, 0.3) is 0 Å². The molecule has 0 aromatic carbocycles. The summed E-state index contributed by atoms with van der Waals surface area (Å²) >= 11 is 0. The Kier molecular flexibility index (Phi) is 9.30. The Labute approximate surface area is 231 Å². The summed E-state index contributed by atoms with van der Waals surface area (Å²) in [5.74, 6) is 3.83. The van der Waals surface area contributed by atoms with Gasteiger partial charge in [0, 0.05) is 6.66 Å². The average Bonchev–Trinajstić information content (AvgIpc) is 3.19. The van der Waals surface area contributed by atoms with Gasteiger partial charge in [0.2, 0.25) is 6.04 Å². The first-order valence-corrected chi connectivity index (χ1v) is 17.4. The van der Waals surface area contributed by atoms with Crippen LogP contribution in [0.1, 0.15) is 105 Å². The van der Waals surface area contributed by atoms with Crippen molar-refractivity contribution in [2.75, 3.05) is 13.3 Å². The van der Waals surface area contributed by atoms with E-state index in [0.717, 1.165) is 54.8 Å². The third-order valence-electron chi connectivity index (χ3n) is 11.5. The van der Waals surface area contributed by atoms with Gasteiger partial charge in [0.15, 0.2) is 0 Å². The molecule has 0 aromatic heterocycles. The number of carboxylic acids is 1. The highest BCUT2D eigenvalue weighted by molar-refractivity contribution is 7.53. The molecule has 38 heavy (non-hydrogen) atoms. The molecule has 6 nitrogen and oxygen atoms in total. The Morgan fingerprint density at radius 2 is 1.87 bits per heavy atom. The maximum absolute atomic E-state index is 12.9. The minimum absolute atomic E-state index is 0.133. The number of rotatable bonds is 11. The van der Waals surface area contributed by atoms with Gasteiger partial charge >= 0.3 is 13.6 Å². The number of fused-ring (bicyclic) bond motifs is 5. The van der Waals surface area contributed by atoms with Crippen molar-refractivity contribution in [1.82, 2.24) is 0 Å². The largest absolute Gasteiger partial charge is 0.477 e. The average molecular weight is 553 g/mol. The van der Waals surface area contributed by atoms with Crippen molar-refractivity contribution >= 4 is 13.6 Å². The van der Waals surface area contributed by atoms with Crippen molar-refractivity contribution in [3.8, 4) is 0 Å². The molecule has 0 spiro atoms. The van der Waals surface area contributed by atoms with E-state index in [4.69, 9.17) is 14.2 Å². The molecular weight excluding hydrogens is 497 g/mol. The van der Waals surface area contributed by atoms with Crippen LogP contribution in [0.15, 0.2) is 11.6 Å². The molecule has 7 heteroatoms. The molecule has 218 valence electrons. The first-order chi connectivity index (χ1) is 17.8. The fourth-order valence-electron chi connectivity index (χ4n) is 9.34. The normalized spacial score (nSPS) is 39.9. The smallest absolute Gasteiger partial charge is 0.364 e. The second-order valence-electron chi connectivity index (χ2n) is 14.4. The number of allylic oxidation sites excluding steroid dienone is 1. The van der Waals surface area contributed by atoms with Crippen LogP contribution in [0.5, 0.6) is 0 Å². The molecule has 0 bridgehead atoms. The summed E-state index contributed by atoms with van der Waals surface area (Å²) in [4.78, 5) is 11.0. The minimum Gasteiger partial charge on any atom is -0.477 e. The Bertz CT molecular complexity index is 935. The lowest BCUT2D eigenvalue weighted by atomic mass is 9.47. The molecule has 0 amide bonds. The van der Waals surface area contributed by atoms with Gasteiger partial charge in [-0.05, 0) is 97.7 Å². The summed E-state index contributed by atoms with van der Waals surface area (Å²) in [5, 5.41) is 9.04. The number of quaternary nitrogens is 1. The highest BCUT2D eigenvalue weighted by atomic mass is 31.2. The van der Waals surface area contributed by atoms with E-state index < -0.39 is 19.6 Å². The molecule has 4 aliphatic rings. The van der Waals surface area contributed by atoms with Gasteiger partial charge in [-0.3, -0.25) is 4.57 Å². The van der Waals surface area contributed by atoms with Gasteiger partial charge in [-0.15, -0.1) is 0 Å². The van der Waals surface area contributed by atoms with Crippen LogP contribution in [0.3, 0.4) is 0 Å². The van der Waals surface area contributed by atoms with E-state index in [0.29, 0.717) is 5.41 Å². The number of carboxylic acid groups (broad SMARTS) is 1. The van der Waals surface area contributed by atoms with Crippen LogP contribution < -0.4 is 5.73 Å². The van der Waals surface area contributed by atoms with Crippen LogP contribution in [0, 0.1) is 46.3 Å². The second kappa shape index (κ2) is 11.7. The van der Waals surface area contributed by atoms with Gasteiger partial charge in [-0.1, -0.05) is 65.5 Å². The van der Waals surface area contributed by atoms with Crippen LogP contribution in [0.2, 0.25) is 0 Å². The third kappa shape index (κ3) is 6.14. The Hall–Kier alpha value is -0.680. The molecule has 4 N–H and O–H groups in total. The number of aliphatic carboxylic acids is 1. The van der Waals surface area contributed by atoms with E-state index in [2.05, 4.69) is 46.4 Å². The number of hydrogen-bond donors (Lipinski definition) is 2. The van der Waals surface area contributed by atoms with E-state index in [1.54, 1.807) is 0 Å². The van der Waals surface area contributed by atoms with Gasteiger partial charge in [0.05, 0.1) is 6.10 Å². The molecule has 0 saturated heterocycles. The van der Waals surface area contributed by atoms with Crippen molar-refractivity contribution in [3.63, 3.8) is 0 Å². The SMILES string of the molecule is CC(C)CCCC(C)C1CCC2C3CC=C4CC(OP(C)(=O)OCC([NH3+])C(=O)O)CCC4(C)C3CCC12C. The first kappa shape index (κ1) is 30.3. The fraction of sp³-hybridized carbons (Fsp3) is 0.903. The lowest BCUT2D eigenvalue weighted by Gasteiger charge is -2.58. The van der Waals surface area contributed by atoms with Crippen LogP contribution in [-0.4, -0.2) is 36.5 Å². The molecule has 3 fully saturated rings. The lowest BCUT2D eigenvalue weighted by molar-refractivity contribution is -0.411. The Morgan fingerprint density at radius 3 is 2.55 bits per heavy atom. The van der Waals surface area contributed by atoms with Gasteiger partial charge in [0.25, 0.3) is 0 Å². The van der Waals surface area contributed by atoms with E-state index in [1.807, 2.05) is 0 Å². The molecule has 4 aliphatic carbocycles. The third-order valence-corrected chi connectivity index (χ3v) is 12.8. The van der Waals surface area contributed by atoms with Gasteiger partial charge in [-0.2, -0.15) is 0 Å². The van der Waals surface area contributed by atoms with Crippen molar-refractivity contribution in [1.29, 1.82) is 0 Å². The fourth-order valence-corrected chi connectivity index (χ4v) is 10.6. The zero-order valence-corrected chi connectivity index (χ0v) is 25.8. The van der Waals surface area contributed by atoms with Gasteiger partial charge in [0.1, 0.15) is 6.61 Å². The molecule has 10 atom stereocenters. The quantitative estimate of drug-likeness (QED) is 0.213. The summed E-state index contributed by atoms with van der Waals surface area (Å²) in [6.45, 7) is 13.6. The second-order valence-corrected chi connectivity index (χ2v) is 16.4. The summed E-state index contributed by atoms with van der Waals surface area (Å²) in [6.07, 6.45) is 16.0. The van der Waals surface area contributed by atoms with Crippen molar-refractivity contribution < 1.29 is 29.2 Å². The van der Waals surface area contributed by atoms with Crippen molar-refractivity contribution in [2.24, 2.45) is 46.3 Å². The molecule has 0 aromatic rings. The molecule has 0 aliphatic heterocycles. The molecule has 0 radical (unpaired) electrons. The molecule has 10 unspecified atom stereocenters. The summed E-state index contributed by atoms with van der Waals surface area (Å²) < 4.78 is 24.3. The standard InChI is InChI=1S/C31H54NO5P/c1-20(2)8-7-9-21(3)25-12-13-26-24-11-10-22-18-23(37-38(6,35)36-19-28(32)29(33)34)14-16-30(22,4)27(24)15-17-31(25,26)5/h10,20-21,23-28H,7-9,11-19,32H2,1-6H3,(H,33,34)/p+1. The summed E-state index contributed by atoms with van der Waals surface area (Å²) in [7, 11) is -3.34. The Balaban J connectivity index is 1.39. The van der Waals surface area contributed by atoms with E-state index in [1.165, 1.54) is 63.6 Å². The number of carbonyl (C=O) groups is 1. The predicted octanol–water partition coefficient (Wildman–Crippen LogP) is 6.95. The summed E-state index contributed by atoms with van der Waals surface area (Å²) in [5.41, 5.74) is 5.74. The zero-order chi connectivity index (χ0) is 27.9. The zero-order valence-electron chi connectivity index (χ0n) is 24.9. The van der Waals surface area contributed by atoms with Crippen LogP contribution in [-0.2, 0) is 18.4 Å². The maximum atomic E-state index is 12.9.